The molecule has 2 amide bonds. The molecule has 7 rings (SSSR count). The van der Waals surface area contributed by atoms with Crippen molar-refractivity contribution < 1.29 is 42.1 Å². The third-order valence-corrected chi connectivity index (χ3v) is 8.32. The van der Waals surface area contributed by atoms with Crippen LogP contribution in [0.15, 0.2) is 18.2 Å². The first-order valence-electron chi connectivity index (χ1n) is 11.6. The highest BCUT2D eigenvalue weighted by Crippen LogP contribution is 2.64. The van der Waals surface area contributed by atoms with Crippen LogP contribution in [0.5, 0.6) is 5.75 Å². The molecule has 190 valence electrons. The minimum absolute atomic E-state index is 0.112. The van der Waals surface area contributed by atoms with Crippen LogP contribution in [-0.4, -0.2) is 64.3 Å². The Balaban J connectivity index is 1.01. The number of alkyl halides is 3. The van der Waals surface area contributed by atoms with E-state index in [1.807, 2.05) is 0 Å². The fraction of sp³-hybridized carbons (Fsp3) is 0.652. The van der Waals surface area contributed by atoms with Gasteiger partial charge in [-0.05, 0) is 50.3 Å². The topological polar surface area (TPSA) is 97.3 Å². The van der Waals surface area contributed by atoms with Gasteiger partial charge in [-0.15, -0.1) is 13.2 Å². The van der Waals surface area contributed by atoms with Gasteiger partial charge in [0.2, 0.25) is 0 Å². The highest BCUT2D eigenvalue weighted by molar-refractivity contribution is 6.30. The fourth-order valence-electron chi connectivity index (χ4n) is 6.39. The molecule has 8 nitrogen and oxygen atoms in total. The van der Waals surface area contributed by atoms with Gasteiger partial charge in [0.1, 0.15) is 11.9 Å². The first-order valence-corrected chi connectivity index (χ1v) is 12.0. The van der Waals surface area contributed by atoms with E-state index in [2.05, 4.69) is 10.1 Å². The number of nitrogens with one attached hydrogen (secondary N) is 1. The van der Waals surface area contributed by atoms with Gasteiger partial charge in [0.25, 0.3) is 5.91 Å². The Morgan fingerprint density at radius 1 is 1.20 bits per heavy atom. The summed E-state index contributed by atoms with van der Waals surface area (Å²) in [6.45, 7) is 0.337. The molecular formula is C23H24ClF3N2O6. The molecule has 2 heterocycles. The molecular weight excluding hydrogens is 493 g/mol. The van der Waals surface area contributed by atoms with Gasteiger partial charge in [-0.25, -0.2) is 4.79 Å². The maximum absolute atomic E-state index is 12.9. The van der Waals surface area contributed by atoms with Crippen LogP contribution < -0.4 is 10.1 Å². The van der Waals surface area contributed by atoms with E-state index in [-0.39, 0.29) is 36.6 Å². The number of cyclic esters (lactones) is 1. The summed E-state index contributed by atoms with van der Waals surface area (Å²) in [5.74, 6) is -0.0398. The summed E-state index contributed by atoms with van der Waals surface area (Å²) in [5, 5.41) is 13.9. The quantitative estimate of drug-likeness (QED) is 0.622. The first kappa shape index (κ1) is 23.2. The van der Waals surface area contributed by atoms with E-state index in [1.165, 1.54) is 0 Å². The monoisotopic (exact) mass is 516 g/mol. The molecule has 2 bridgehead atoms. The lowest BCUT2D eigenvalue weighted by Gasteiger charge is -2.72. The van der Waals surface area contributed by atoms with Gasteiger partial charge in [-0.2, -0.15) is 0 Å². The third-order valence-electron chi connectivity index (χ3n) is 8.09. The van der Waals surface area contributed by atoms with Gasteiger partial charge in [0.05, 0.1) is 24.3 Å². The molecule has 0 aromatic heterocycles. The number of halogens is 4. The van der Waals surface area contributed by atoms with E-state index >= 15 is 0 Å². The number of rotatable bonds is 5. The van der Waals surface area contributed by atoms with Crippen molar-refractivity contribution in [2.24, 2.45) is 5.92 Å². The summed E-state index contributed by atoms with van der Waals surface area (Å²) in [4.78, 5) is 27.1. The Hall–Kier alpha value is -2.24. The van der Waals surface area contributed by atoms with E-state index in [0.29, 0.717) is 42.1 Å². The number of hydrogen-bond donors (Lipinski definition) is 2. The van der Waals surface area contributed by atoms with Gasteiger partial charge in [0.15, 0.2) is 6.10 Å². The molecule has 35 heavy (non-hydrogen) atoms. The Morgan fingerprint density at radius 3 is 2.60 bits per heavy atom. The molecule has 6 aliphatic rings. The van der Waals surface area contributed by atoms with Gasteiger partial charge >= 0.3 is 12.5 Å². The maximum Gasteiger partial charge on any atom is 0.522 e. The Labute approximate surface area is 203 Å². The maximum atomic E-state index is 12.9. The van der Waals surface area contributed by atoms with Crippen molar-refractivity contribution in [1.29, 1.82) is 0 Å². The summed E-state index contributed by atoms with van der Waals surface area (Å²) in [6, 6.07) is 4.88. The molecule has 1 saturated heterocycles. The van der Waals surface area contributed by atoms with Crippen LogP contribution in [-0.2, 0) is 14.3 Å². The van der Waals surface area contributed by atoms with E-state index in [0.717, 1.165) is 0 Å². The molecule has 12 heteroatoms. The molecule has 4 aliphatic carbocycles. The number of fused-ring (bicyclic) bond motifs is 1. The summed E-state index contributed by atoms with van der Waals surface area (Å²) >= 11 is 5.97. The Bertz CT molecular complexity index is 1060. The molecule has 3 atom stereocenters. The van der Waals surface area contributed by atoms with E-state index in [1.54, 1.807) is 23.1 Å². The highest BCUT2D eigenvalue weighted by atomic mass is 35.5. The average Bonchev–Trinajstić information content (AvgIpc) is 3.06. The highest BCUT2D eigenvalue weighted by Gasteiger charge is 2.73. The van der Waals surface area contributed by atoms with Crippen molar-refractivity contribution in [2.75, 3.05) is 6.54 Å². The lowest BCUT2D eigenvalue weighted by molar-refractivity contribution is -0.355. The molecule has 4 saturated carbocycles. The van der Waals surface area contributed by atoms with Crippen molar-refractivity contribution >= 4 is 23.6 Å². The van der Waals surface area contributed by atoms with Crippen molar-refractivity contribution in [2.45, 2.75) is 80.4 Å². The van der Waals surface area contributed by atoms with Crippen molar-refractivity contribution in [3.05, 3.63) is 28.8 Å². The Kier molecular flexibility index (Phi) is 5.05. The number of nitrogens with zero attached hydrogens (tertiary/aromatic N) is 1. The van der Waals surface area contributed by atoms with Crippen molar-refractivity contribution in [1.82, 2.24) is 10.2 Å². The lowest BCUT2D eigenvalue weighted by Crippen LogP contribution is -2.84. The minimum Gasteiger partial charge on any atom is -0.480 e. The number of aliphatic hydroxyl groups excluding tert-OH is 1. The number of aliphatic hydroxyl groups is 1. The normalized spacial score (nSPS) is 39.4. The van der Waals surface area contributed by atoms with Crippen LogP contribution in [0.3, 0.4) is 0 Å². The lowest BCUT2D eigenvalue weighted by atomic mass is 9.43. The fourth-order valence-corrected chi connectivity index (χ4v) is 6.57. The van der Waals surface area contributed by atoms with Crippen LogP contribution in [0.4, 0.5) is 18.0 Å². The van der Waals surface area contributed by atoms with E-state index in [9.17, 15) is 27.9 Å². The minimum atomic E-state index is -4.66. The number of ether oxygens (including phenoxy) is 3. The van der Waals surface area contributed by atoms with Gasteiger partial charge in [-0.1, -0.05) is 11.6 Å². The predicted molar refractivity (Wildman–Crippen MR) is 114 cm³/mol. The molecule has 1 aromatic rings. The predicted octanol–water partition coefficient (Wildman–Crippen LogP) is 3.45. The van der Waals surface area contributed by atoms with Crippen LogP contribution in [0.25, 0.3) is 0 Å². The van der Waals surface area contributed by atoms with Crippen LogP contribution in [0.2, 0.25) is 5.02 Å². The summed E-state index contributed by atoms with van der Waals surface area (Å²) in [5.41, 5.74) is -0.261. The average molecular weight is 517 g/mol. The molecule has 0 radical (unpaired) electrons. The Morgan fingerprint density at radius 2 is 1.91 bits per heavy atom. The van der Waals surface area contributed by atoms with Gasteiger partial charge < -0.3 is 19.9 Å². The SMILES string of the molecule is O=C(NC12CC(N3CC([C@H]4C[C@@H](OC(F)(F)F)C4)OC3=O)(C1)C2)[C@H]1C[C@@H](O)c2cc(Cl)ccc2O1. The molecule has 2 N–H and O–H groups in total. The standard InChI is InChI=1S/C23H24ClF3N2O6/c24-12-1-2-16-14(5-12)15(30)6-17(33-16)19(31)28-21-8-22(9-21,10-21)29-7-18(34-20(29)32)11-3-13(4-11)35-23(25,26)27/h1-2,5,11,13,15,17-18,30H,3-4,6-10H2,(H,28,31)/t11-,13+,15-,17-,18?,21?,22?/m1/s1. The van der Waals surface area contributed by atoms with E-state index in [4.69, 9.17) is 21.1 Å². The van der Waals surface area contributed by atoms with Crippen LogP contribution in [0, 0.1) is 5.92 Å². The summed E-state index contributed by atoms with van der Waals surface area (Å²) in [7, 11) is 0. The zero-order valence-corrected chi connectivity index (χ0v) is 19.3. The number of amides is 2. The molecule has 0 spiro atoms. The molecule has 1 unspecified atom stereocenters. The summed E-state index contributed by atoms with van der Waals surface area (Å²) in [6.07, 6.45) is -5.86. The zero-order chi connectivity index (χ0) is 24.8. The number of carbonyl (C=O) groups excluding carboxylic acids is 2. The van der Waals surface area contributed by atoms with E-state index < -0.39 is 42.4 Å². The van der Waals surface area contributed by atoms with Crippen LogP contribution >= 0.6 is 11.6 Å². The number of carbonyl (C=O) groups is 2. The first-order chi connectivity index (χ1) is 16.4. The number of hydrogen-bond acceptors (Lipinski definition) is 6. The number of benzene rings is 1. The van der Waals surface area contributed by atoms with Gasteiger partial charge in [-0.3, -0.25) is 14.4 Å². The van der Waals surface area contributed by atoms with Crippen molar-refractivity contribution in [3.63, 3.8) is 0 Å². The second-order valence-corrected chi connectivity index (χ2v) is 11.0. The van der Waals surface area contributed by atoms with Gasteiger partial charge in [0, 0.05) is 28.5 Å². The second kappa shape index (κ2) is 7.63. The molecule has 2 aliphatic heterocycles. The summed E-state index contributed by atoms with van der Waals surface area (Å²) < 4.78 is 52.3. The second-order valence-electron chi connectivity index (χ2n) is 10.5. The van der Waals surface area contributed by atoms with Crippen molar-refractivity contribution in [3.8, 4) is 5.75 Å². The smallest absolute Gasteiger partial charge is 0.480 e. The molecule has 5 fully saturated rings. The van der Waals surface area contributed by atoms with Crippen LogP contribution in [0.1, 0.15) is 50.2 Å². The largest absolute Gasteiger partial charge is 0.522 e. The zero-order valence-electron chi connectivity index (χ0n) is 18.5. The third kappa shape index (κ3) is 3.92. The molecule has 1 aromatic carbocycles.